The maximum Gasteiger partial charge on any atom is 0.259 e. The van der Waals surface area contributed by atoms with E-state index in [1.165, 1.54) is 6.20 Å². The van der Waals surface area contributed by atoms with Gasteiger partial charge in [-0.2, -0.15) is 0 Å². The number of likely N-dealkylation sites (tertiary alicyclic amines) is 1. The van der Waals surface area contributed by atoms with Crippen molar-refractivity contribution in [3.63, 3.8) is 0 Å². The zero-order valence-corrected chi connectivity index (χ0v) is 16.3. The zero-order valence-electron chi connectivity index (χ0n) is 15.6. The molecule has 6 heteroatoms. The van der Waals surface area contributed by atoms with E-state index in [9.17, 15) is 9.90 Å². The molecular weight excluding hydrogens is 376 g/mol. The second-order valence-electron chi connectivity index (χ2n) is 7.27. The van der Waals surface area contributed by atoms with Crippen molar-refractivity contribution in [2.45, 2.75) is 25.4 Å². The predicted molar refractivity (Wildman–Crippen MR) is 107 cm³/mol. The summed E-state index contributed by atoms with van der Waals surface area (Å²) in [5, 5.41) is 15.5. The van der Waals surface area contributed by atoms with E-state index in [1.54, 1.807) is 17.0 Å². The topological polar surface area (TPSA) is 66.6 Å². The number of aliphatic hydroxyl groups is 1. The standard InChI is InChI=1S/C22H21ClN2O3/c1-15-2-4-16(5-3-15)20-19(14-24-28-20)21(26)25-12-10-22(27,11-13-25)17-6-8-18(23)9-7-17/h2-9,14,27H,10-13H2,1H3. The molecule has 0 atom stereocenters. The average molecular weight is 397 g/mol. The number of aromatic nitrogens is 1. The Morgan fingerprint density at radius 3 is 2.39 bits per heavy atom. The van der Waals surface area contributed by atoms with Crippen LogP contribution in [0.15, 0.2) is 59.3 Å². The second-order valence-corrected chi connectivity index (χ2v) is 7.70. The third kappa shape index (κ3) is 3.55. The van der Waals surface area contributed by atoms with Gasteiger partial charge in [0.2, 0.25) is 0 Å². The number of carbonyl (C=O) groups excluding carboxylic acids is 1. The van der Waals surface area contributed by atoms with Gasteiger partial charge < -0.3 is 14.5 Å². The minimum Gasteiger partial charge on any atom is -0.385 e. The number of piperidine rings is 1. The molecule has 5 nitrogen and oxygen atoms in total. The maximum atomic E-state index is 13.0. The molecule has 0 unspecified atom stereocenters. The molecule has 1 aliphatic heterocycles. The van der Waals surface area contributed by atoms with Crippen LogP contribution in [-0.2, 0) is 5.60 Å². The fourth-order valence-corrected chi connectivity index (χ4v) is 3.73. The molecule has 0 radical (unpaired) electrons. The van der Waals surface area contributed by atoms with E-state index in [0.29, 0.717) is 42.3 Å². The highest BCUT2D eigenvalue weighted by Crippen LogP contribution is 2.34. The van der Waals surface area contributed by atoms with Crippen molar-refractivity contribution in [3.05, 3.63) is 76.4 Å². The molecule has 0 spiro atoms. The summed E-state index contributed by atoms with van der Waals surface area (Å²) < 4.78 is 5.36. The molecule has 0 saturated carbocycles. The van der Waals surface area contributed by atoms with E-state index in [2.05, 4.69) is 5.16 Å². The zero-order chi connectivity index (χ0) is 19.7. The average Bonchev–Trinajstić information content (AvgIpc) is 3.19. The van der Waals surface area contributed by atoms with Crippen LogP contribution in [0.3, 0.4) is 0 Å². The smallest absolute Gasteiger partial charge is 0.259 e. The van der Waals surface area contributed by atoms with Crippen molar-refractivity contribution < 1.29 is 14.4 Å². The number of aryl methyl sites for hydroxylation is 1. The molecule has 4 rings (SSSR count). The molecule has 1 aromatic heterocycles. The SMILES string of the molecule is Cc1ccc(-c2oncc2C(=O)N2CCC(O)(c3ccc(Cl)cc3)CC2)cc1. The third-order valence-corrected chi connectivity index (χ3v) is 5.63. The molecule has 1 fully saturated rings. The summed E-state index contributed by atoms with van der Waals surface area (Å²) in [6.07, 6.45) is 2.40. The van der Waals surface area contributed by atoms with Gasteiger partial charge in [0.05, 0.1) is 11.8 Å². The molecule has 0 bridgehead atoms. The molecule has 144 valence electrons. The summed E-state index contributed by atoms with van der Waals surface area (Å²) in [4.78, 5) is 14.8. The van der Waals surface area contributed by atoms with Gasteiger partial charge in [-0.25, -0.2) is 0 Å². The molecule has 2 aromatic carbocycles. The number of halogens is 1. The summed E-state index contributed by atoms with van der Waals surface area (Å²) in [6, 6.07) is 15.0. The van der Waals surface area contributed by atoms with Crippen molar-refractivity contribution in [2.24, 2.45) is 0 Å². The first-order valence-electron chi connectivity index (χ1n) is 9.26. The van der Waals surface area contributed by atoms with Gasteiger partial charge >= 0.3 is 0 Å². The van der Waals surface area contributed by atoms with Crippen molar-refractivity contribution in [2.75, 3.05) is 13.1 Å². The van der Waals surface area contributed by atoms with Crippen LogP contribution in [0.1, 0.15) is 34.3 Å². The van der Waals surface area contributed by atoms with Crippen molar-refractivity contribution >= 4 is 17.5 Å². The van der Waals surface area contributed by atoms with Crippen molar-refractivity contribution in [3.8, 4) is 11.3 Å². The first kappa shape index (κ1) is 18.7. The van der Waals surface area contributed by atoms with Crippen LogP contribution in [0.5, 0.6) is 0 Å². The van der Waals surface area contributed by atoms with E-state index < -0.39 is 5.60 Å². The van der Waals surface area contributed by atoms with Gasteiger partial charge in [0.1, 0.15) is 5.56 Å². The van der Waals surface area contributed by atoms with Gasteiger partial charge in [-0.3, -0.25) is 4.79 Å². The van der Waals surface area contributed by atoms with Gasteiger partial charge in [-0.15, -0.1) is 0 Å². The Balaban J connectivity index is 1.50. The maximum absolute atomic E-state index is 13.0. The van der Waals surface area contributed by atoms with Gasteiger partial charge in [0, 0.05) is 23.7 Å². The summed E-state index contributed by atoms with van der Waals surface area (Å²) in [6.45, 7) is 2.92. The van der Waals surface area contributed by atoms with Crippen molar-refractivity contribution in [1.29, 1.82) is 0 Å². The molecule has 1 aliphatic rings. The van der Waals surface area contributed by atoms with Gasteiger partial charge in [0.15, 0.2) is 5.76 Å². The molecule has 1 amide bonds. The number of rotatable bonds is 3. The summed E-state index contributed by atoms with van der Waals surface area (Å²) in [7, 11) is 0. The molecule has 0 aliphatic carbocycles. The Kier molecular flexibility index (Phi) is 4.96. The highest BCUT2D eigenvalue weighted by atomic mass is 35.5. The van der Waals surface area contributed by atoms with Gasteiger partial charge in [-0.1, -0.05) is 58.7 Å². The Morgan fingerprint density at radius 2 is 1.75 bits per heavy atom. The lowest BCUT2D eigenvalue weighted by Crippen LogP contribution is -2.45. The van der Waals surface area contributed by atoms with Crippen LogP contribution >= 0.6 is 11.6 Å². The van der Waals surface area contributed by atoms with E-state index in [-0.39, 0.29) is 5.91 Å². The summed E-state index contributed by atoms with van der Waals surface area (Å²) in [5.41, 5.74) is 2.28. The van der Waals surface area contributed by atoms with Gasteiger partial charge in [-0.05, 0) is 37.5 Å². The Hall–Kier alpha value is -2.63. The number of amides is 1. The monoisotopic (exact) mass is 396 g/mol. The second kappa shape index (κ2) is 7.41. The number of benzene rings is 2. The van der Waals surface area contributed by atoms with E-state index in [4.69, 9.17) is 16.1 Å². The lowest BCUT2D eigenvalue weighted by atomic mass is 9.84. The van der Waals surface area contributed by atoms with E-state index >= 15 is 0 Å². The van der Waals surface area contributed by atoms with Crippen LogP contribution in [0.2, 0.25) is 5.02 Å². The minimum absolute atomic E-state index is 0.130. The highest BCUT2D eigenvalue weighted by Gasteiger charge is 2.36. The normalized spacial score (nSPS) is 16.2. The van der Waals surface area contributed by atoms with Crippen LogP contribution in [0.25, 0.3) is 11.3 Å². The fraction of sp³-hybridized carbons (Fsp3) is 0.273. The number of carbonyl (C=O) groups is 1. The van der Waals surface area contributed by atoms with E-state index in [1.807, 2.05) is 43.3 Å². The molecule has 1 saturated heterocycles. The largest absolute Gasteiger partial charge is 0.385 e. The fourth-order valence-electron chi connectivity index (χ4n) is 3.60. The van der Waals surface area contributed by atoms with Crippen LogP contribution in [0, 0.1) is 6.92 Å². The number of nitrogens with zero attached hydrogens (tertiary/aromatic N) is 2. The number of hydrogen-bond acceptors (Lipinski definition) is 4. The third-order valence-electron chi connectivity index (χ3n) is 5.37. The highest BCUT2D eigenvalue weighted by molar-refractivity contribution is 6.30. The van der Waals surface area contributed by atoms with Crippen molar-refractivity contribution in [1.82, 2.24) is 10.1 Å². The van der Waals surface area contributed by atoms with Crippen LogP contribution < -0.4 is 0 Å². The summed E-state index contributed by atoms with van der Waals surface area (Å²) >= 11 is 5.94. The van der Waals surface area contributed by atoms with Crippen LogP contribution in [-0.4, -0.2) is 34.2 Å². The molecular formula is C22H21ClN2O3. The first-order valence-corrected chi connectivity index (χ1v) is 9.63. The molecule has 3 aromatic rings. The van der Waals surface area contributed by atoms with Gasteiger partial charge in [0.25, 0.3) is 5.91 Å². The van der Waals surface area contributed by atoms with E-state index in [0.717, 1.165) is 16.7 Å². The predicted octanol–water partition coefficient (Wildman–Crippen LogP) is 4.43. The summed E-state index contributed by atoms with van der Waals surface area (Å²) in [5.74, 6) is 0.346. The Bertz CT molecular complexity index is 972. The lowest BCUT2D eigenvalue weighted by molar-refractivity contribution is -0.0211. The molecule has 1 N–H and O–H groups in total. The lowest BCUT2D eigenvalue weighted by Gasteiger charge is -2.38. The Morgan fingerprint density at radius 1 is 1.11 bits per heavy atom. The number of hydrogen-bond donors (Lipinski definition) is 1. The molecule has 2 heterocycles. The van der Waals surface area contributed by atoms with Crippen LogP contribution in [0.4, 0.5) is 0 Å². The first-order chi connectivity index (χ1) is 13.5. The minimum atomic E-state index is -0.949. The Labute approximate surface area is 168 Å². The molecule has 28 heavy (non-hydrogen) atoms. The quantitative estimate of drug-likeness (QED) is 0.711.